The molecule has 0 spiro atoms. The van der Waals surface area contributed by atoms with E-state index in [0.29, 0.717) is 12.6 Å². The van der Waals surface area contributed by atoms with E-state index < -0.39 is 11.0 Å². The first-order chi connectivity index (χ1) is 9.63. The lowest BCUT2D eigenvalue weighted by Gasteiger charge is -2.41. The van der Waals surface area contributed by atoms with Crippen molar-refractivity contribution < 1.29 is 4.79 Å². The number of carbonyl (C=O) groups excluding carboxylic acids is 1. The summed E-state index contributed by atoms with van der Waals surface area (Å²) in [6.45, 7) is 10.5. The Balaban J connectivity index is 2.19. The molecule has 2 rings (SSSR count). The zero-order valence-electron chi connectivity index (χ0n) is 13.9. The minimum atomic E-state index is -0.569. The molecule has 0 atom stereocenters. The first kappa shape index (κ1) is 16.0. The number of benzene rings is 1. The van der Waals surface area contributed by atoms with Gasteiger partial charge < -0.3 is 10.6 Å². The highest BCUT2D eigenvalue weighted by Gasteiger charge is 2.46. The monoisotopic (exact) mass is 288 g/mol. The highest BCUT2D eigenvalue weighted by molar-refractivity contribution is 5.84. The quantitative estimate of drug-likeness (QED) is 0.904. The van der Waals surface area contributed by atoms with Crippen LogP contribution in [0, 0.1) is 12.3 Å². The molecule has 0 unspecified atom stereocenters. The van der Waals surface area contributed by atoms with Gasteiger partial charge in [-0.2, -0.15) is 0 Å². The summed E-state index contributed by atoms with van der Waals surface area (Å²) >= 11 is 0. The van der Waals surface area contributed by atoms with Crippen molar-refractivity contribution in [2.24, 2.45) is 11.1 Å². The molecule has 0 aliphatic heterocycles. The molecule has 116 valence electrons. The fourth-order valence-corrected chi connectivity index (χ4v) is 2.28. The average molecular weight is 288 g/mol. The van der Waals surface area contributed by atoms with Gasteiger partial charge in [0.1, 0.15) is 0 Å². The van der Waals surface area contributed by atoms with Crippen LogP contribution in [0.2, 0.25) is 0 Å². The van der Waals surface area contributed by atoms with Crippen LogP contribution in [0.1, 0.15) is 51.7 Å². The summed E-state index contributed by atoms with van der Waals surface area (Å²) < 4.78 is 0. The third-order valence-corrected chi connectivity index (χ3v) is 4.87. The van der Waals surface area contributed by atoms with Crippen LogP contribution in [0.3, 0.4) is 0 Å². The van der Waals surface area contributed by atoms with Crippen LogP contribution in [0.5, 0.6) is 0 Å². The number of nitrogens with two attached hydrogens (primary N) is 1. The van der Waals surface area contributed by atoms with E-state index in [0.717, 1.165) is 12.8 Å². The van der Waals surface area contributed by atoms with Crippen molar-refractivity contribution in [1.29, 1.82) is 0 Å². The molecule has 0 bridgehead atoms. The van der Waals surface area contributed by atoms with Crippen LogP contribution < -0.4 is 5.73 Å². The summed E-state index contributed by atoms with van der Waals surface area (Å²) in [7, 11) is 0. The van der Waals surface area contributed by atoms with Gasteiger partial charge in [0, 0.05) is 18.1 Å². The number of aryl methyl sites for hydroxylation is 1. The van der Waals surface area contributed by atoms with E-state index in [1.165, 1.54) is 11.1 Å². The fourth-order valence-electron chi connectivity index (χ4n) is 2.28. The molecule has 1 saturated carbocycles. The molecule has 0 aromatic heterocycles. The Morgan fingerprint density at radius 1 is 1.19 bits per heavy atom. The maximum absolute atomic E-state index is 13.0. The van der Waals surface area contributed by atoms with Gasteiger partial charge in [0.25, 0.3) is 0 Å². The van der Waals surface area contributed by atoms with E-state index in [2.05, 4.69) is 31.2 Å². The van der Waals surface area contributed by atoms with Gasteiger partial charge in [0.15, 0.2) is 0 Å². The van der Waals surface area contributed by atoms with Crippen molar-refractivity contribution in [1.82, 2.24) is 4.90 Å². The van der Waals surface area contributed by atoms with Crippen LogP contribution in [0.15, 0.2) is 24.3 Å². The number of hydrogen-bond acceptors (Lipinski definition) is 2. The smallest absolute Gasteiger partial charge is 0.230 e. The van der Waals surface area contributed by atoms with Crippen molar-refractivity contribution in [3.8, 4) is 0 Å². The number of carbonyl (C=O) groups is 1. The first-order valence-electron chi connectivity index (χ1n) is 7.78. The molecular weight excluding hydrogens is 260 g/mol. The van der Waals surface area contributed by atoms with Gasteiger partial charge in [-0.05, 0) is 53.0 Å². The third-order valence-electron chi connectivity index (χ3n) is 4.87. The zero-order valence-corrected chi connectivity index (χ0v) is 13.9. The average Bonchev–Trinajstić information content (AvgIpc) is 3.20. The molecule has 3 heteroatoms. The van der Waals surface area contributed by atoms with Gasteiger partial charge in [0.2, 0.25) is 5.91 Å². The van der Waals surface area contributed by atoms with Gasteiger partial charge in [-0.3, -0.25) is 4.79 Å². The van der Waals surface area contributed by atoms with E-state index in [1.807, 2.05) is 32.6 Å². The number of amides is 1. The van der Waals surface area contributed by atoms with Crippen molar-refractivity contribution in [3.63, 3.8) is 0 Å². The number of hydrogen-bond donors (Lipinski definition) is 1. The standard InChI is InChI=1S/C18H28N2O/c1-13-6-8-14(9-7-13)12-20(15-10-11-15)16(21)17(2,3)18(4,5)19/h6-9,15H,10-12,19H2,1-5H3. The molecule has 0 radical (unpaired) electrons. The summed E-state index contributed by atoms with van der Waals surface area (Å²) in [6.07, 6.45) is 2.22. The second kappa shape index (κ2) is 5.45. The van der Waals surface area contributed by atoms with E-state index in [1.54, 1.807) is 0 Å². The van der Waals surface area contributed by atoms with E-state index in [9.17, 15) is 4.79 Å². The maximum Gasteiger partial charge on any atom is 0.230 e. The van der Waals surface area contributed by atoms with Gasteiger partial charge in [0.05, 0.1) is 5.41 Å². The molecular formula is C18H28N2O. The predicted octanol–water partition coefficient (Wildman–Crippen LogP) is 3.25. The Hall–Kier alpha value is -1.35. The molecule has 0 saturated heterocycles. The summed E-state index contributed by atoms with van der Waals surface area (Å²) in [5, 5.41) is 0. The van der Waals surface area contributed by atoms with Crippen molar-refractivity contribution in [2.75, 3.05) is 0 Å². The second-order valence-electron chi connectivity index (χ2n) is 7.50. The van der Waals surface area contributed by atoms with Crippen LogP contribution in [-0.2, 0) is 11.3 Å². The van der Waals surface area contributed by atoms with Crippen molar-refractivity contribution in [2.45, 2.75) is 65.6 Å². The maximum atomic E-state index is 13.0. The van der Waals surface area contributed by atoms with Gasteiger partial charge in [-0.25, -0.2) is 0 Å². The SMILES string of the molecule is Cc1ccc(CN(C(=O)C(C)(C)C(C)(C)N)C2CC2)cc1. The normalized spacial score (nSPS) is 15.9. The van der Waals surface area contributed by atoms with Crippen LogP contribution in [0.4, 0.5) is 0 Å². The lowest BCUT2D eigenvalue weighted by molar-refractivity contribution is -0.144. The van der Waals surface area contributed by atoms with E-state index >= 15 is 0 Å². The molecule has 0 heterocycles. The molecule has 1 aliphatic rings. The van der Waals surface area contributed by atoms with Crippen LogP contribution >= 0.6 is 0 Å². The molecule has 1 aromatic rings. The zero-order chi connectivity index (χ0) is 15.8. The topological polar surface area (TPSA) is 46.3 Å². The Morgan fingerprint density at radius 2 is 1.71 bits per heavy atom. The largest absolute Gasteiger partial charge is 0.335 e. The highest BCUT2D eigenvalue weighted by atomic mass is 16.2. The first-order valence-corrected chi connectivity index (χ1v) is 7.78. The molecule has 2 N–H and O–H groups in total. The second-order valence-corrected chi connectivity index (χ2v) is 7.50. The molecule has 1 fully saturated rings. The Kier molecular flexibility index (Phi) is 4.16. The lowest BCUT2D eigenvalue weighted by atomic mass is 9.74. The fraction of sp³-hybridized carbons (Fsp3) is 0.611. The molecule has 1 aliphatic carbocycles. The van der Waals surface area contributed by atoms with Crippen LogP contribution in [0.25, 0.3) is 0 Å². The summed E-state index contributed by atoms with van der Waals surface area (Å²) in [4.78, 5) is 15.0. The summed E-state index contributed by atoms with van der Waals surface area (Å²) in [5.74, 6) is 0.165. The van der Waals surface area contributed by atoms with Crippen LogP contribution in [-0.4, -0.2) is 22.4 Å². The molecule has 3 nitrogen and oxygen atoms in total. The number of rotatable bonds is 5. The van der Waals surface area contributed by atoms with E-state index in [4.69, 9.17) is 5.73 Å². The third kappa shape index (κ3) is 3.46. The Labute approximate surface area is 128 Å². The minimum Gasteiger partial charge on any atom is -0.335 e. The molecule has 21 heavy (non-hydrogen) atoms. The lowest BCUT2D eigenvalue weighted by Crippen LogP contribution is -2.56. The summed E-state index contributed by atoms with van der Waals surface area (Å²) in [5.41, 5.74) is 7.56. The number of nitrogens with zero attached hydrogens (tertiary/aromatic N) is 1. The highest BCUT2D eigenvalue weighted by Crippen LogP contribution is 2.36. The Morgan fingerprint density at radius 3 is 2.14 bits per heavy atom. The van der Waals surface area contributed by atoms with Gasteiger partial charge in [-0.15, -0.1) is 0 Å². The summed E-state index contributed by atoms with van der Waals surface area (Å²) in [6, 6.07) is 8.81. The molecule has 1 aromatic carbocycles. The van der Waals surface area contributed by atoms with Crippen molar-refractivity contribution in [3.05, 3.63) is 35.4 Å². The molecule has 1 amide bonds. The van der Waals surface area contributed by atoms with Gasteiger partial charge >= 0.3 is 0 Å². The Bertz CT molecular complexity index is 507. The van der Waals surface area contributed by atoms with Crippen molar-refractivity contribution >= 4 is 5.91 Å². The predicted molar refractivity (Wildman–Crippen MR) is 86.8 cm³/mol. The van der Waals surface area contributed by atoms with E-state index in [-0.39, 0.29) is 5.91 Å². The minimum absolute atomic E-state index is 0.165. The van der Waals surface area contributed by atoms with Gasteiger partial charge in [-0.1, -0.05) is 29.8 Å².